The molecule has 19 heavy (non-hydrogen) atoms. The molecule has 4 nitrogen and oxygen atoms in total. The molecular formula is C12H5F3O4. The monoisotopic (exact) mass is 270 g/mol. The number of ketones is 1. The number of halogens is 3. The lowest BCUT2D eigenvalue weighted by molar-refractivity contribution is 0.0660. The first-order valence-corrected chi connectivity index (χ1v) is 4.93. The Kier molecular flexibility index (Phi) is 3.12. The molecule has 2 aromatic rings. The molecule has 0 aliphatic carbocycles. The van der Waals surface area contributed by atoms with E-state index in [4.69, 9.17) is 5.11 Å². The Balaban J connectivity index is 2.44. The van der Waals surface area contributed by atoms with Gasteiger partial charge in [0.1, 0.15) is 0 Å². The van der Waals surface area contributed by atoms with E-state index in [9.17, 15) is 22.8 Å². The third kappa shape index (κ3) is 2.22. The van der Waals surface area contributed by atoms with Crippen LogP contribution in [-0.2, 0) is 0 Å². The second kappa shape index (κ2) is 4.60. The van der Waals surface area contributed by atoms with Gasteiger partial charge < -0.3 is 9.52 Å². The quantitative estimate of drug-likeness (QED) is 0.687. The number of furan rings is 1. The van der Waals surface area contributed by atoms with Gasteiger partial charge in [-0.05, 0) is 24.3 Å². The highest BCUT2D eigenvalue weighted by Gasteiger charge is 2.23. The van der Waals surface area contributed by atoms with E-state index in [0.29, 0.717) is 6.07 Å². The van der Waals surface area contributed by atoms with Gasteiger partial charge in [-0.25, -0.2) is 18.0 Å². The maximum atomic E-state index is 13.4. The predicted molar refractivity (Wildman–Crippen MR) is 55.4 cm³/mol. The van der Waals surface area contributed by atoms with Crippen molar-refractivity contribution in [3.63, 3.8) is 0 Å². The van der Waals surface area contributed by atoms with Crippen molar-refractivity contribution in [3.05, 3.63) is 58.8 Å². The Bertz CT molecular complexity index is 676. The summed E-state index contributed by atoms with van der Waals surface area (Å²) in [6.07, 6.45) is 0. The normalized spacial score (nSPS) is 10.5. The molecular weight excluding hydrogens is 265 g/mol. The van der Waals surface area contributed by atoms with Crippen molar-refractivity contribution in [2.75, 3.05) is 0 Å². The van der Waals surface area contributed by atoms with E-state index in [-0.39, 0.29) is 0 Å². The van der Waals surface area contributed by atoms with Crippen LogP contribution in [-0.4, -0.2) is 16.9 Å². The van der Waals surface area contributed by atoms with Crippen molar-refractivity contribution < 1.29 is 32.3 Å². The van der Waals surface area contributed by atoms with Crippen molar-refractivity contribution in [2.24, 2.45) is 0 Å². The summed E-state index contributed by atoms with van der Waals surface area (Å²) in [5.74, 6) is -8.36. The molecule has 0 fully saturated rings. The van der Waals surface area contributed by atoms with Crippen LogP contribution in [0.15, 0.2) is 28.7 Å². The smallest absolute Gasteiger partial charge is 0.371 e. The Hall–Kier alpha value is -2.57. The lowest BCUT2D eigenvalue weighted by Gasteiger charge is -2.01. The summed E-state index contributed by atoms with van der Waals surface area (Å²) >= 11 is 0. The van der Waals surface area contributed by atoms with E-state index in [1.807, 2.05) is 0 Å². The molecule has 98 valence electrons. The van der Waals surface area contributed by atoms with Crippen LogP contribution in [0.2, 0.25) is 0 Å². The van der Waals surface area contributed by atoms with Crippen molar-refractivity contribution in [1.82, 2.24) is 0 Å². The Labute approximate surface area is 104 Å². The molecule has 0 saturated carbocycles. The maximum Gasteiger partial charge on any atom is 0.371 e. The molecule has 1 heterocycles. The highest BCUT2D eigenvalue weighted by molar-refractivity contribution is 6.07. The number of hydrogen-bond acceptors (Lipinski definition) is 3. The molecule has 1 aromatic heterocycles. The number of carboxylic acids is 1. The number of aromatic carboxylic acids is 1. The van der Waals surface area contributed by atoms with Crippen molar-refractivity contribution in [2.45, 2.75) is 0 Å². The maximum absolute atomic E-state index is 13.4. The van der Waals surface area contributed by atoms with Crippen LogP contribution in [0.5, 0.6) is 0 Å². The van der Waals surface area contributed by atoms with Gasteiger partial charge in [-0.3, -0.25) is 4.79 Å². The van der Waals surface area contributed by atoms with Gasteiger partial charge in [-0.15, -0.1) is 0 Å². The summed E-state index contributed by atoms with van der Waals surface area (Å²) in [5, 5.41) is 8.60. The van der Waals surface area contributed by atoms with Gasteiger partial charge in [0.15, 0.2) is 23.2 Å². The minimum absolute atomic E-state index is 0.484. The fraction of sp³-hybridized carbons (Fsp3) is 0. The standard InChI is InChI=1S/C12H5F3O4/c13-6-2-1-5(9(14)10(6)15)11(16)7-3-4-8(19-7)12(17)18/h1-4H,(H,17,18). The lowest BCUT2D eigenvalue weighted by Crippen LogP contribution is -2.06. The molecule has 0 aliphatic rings. The summed E-state index contributed by atoms with van der Waals surface area (Å²) in [4.78, 5) is 22.3. The topological polar surface area (TPSA) is 67.5 Å². The van der Waals surface area contributed by atoms with Crippen LogP contribution >= 0.6 is 0 Å². The summed E-state index contributed by atoms with van der Waals surface area (Å²) in [7, 11) is 0. The summed E-state index contributed by atoms with van der Waals surface area (Å²) in [6.45, 7) is 0. The Morgan fingerprint density at radius 3 is 2.16 bits per heavy atom. The molecule has 0 unspecified atom stereocenters. The fourth-order valence-corrected chi connectivity index (χ4v) is 1.41. The van der Waals surface area contributed by atoms with E-state index in [2.05, 4.69) is 4.42 Å². The zero-order chi connectivity index (χ0) is 14.2. The van der Waals surface area contributed by atoms with Gasteiger partial charge >= 0.3 is 5.97 Å². The molecule has 0 radical (unpaired) electrons. The van der Waals surface area contributed by atoms with Crippen molar-refractivity contribution in [3.8, 4) is 0 Å². The van der Waals surface area contributed by atoms with Crippen LogP contribution in [0.1, 0.15) is 26.7 Å². The zero-order valence-electron chi connectivity index (χ0n) is 9.12. The van der Waals surface area contributed by atoms with Gasteiger partial charge in [0.2, 0.25) is 11.5 Å². The average Bonchev–Trinajstić information content (AvgIpc) is 2.85. The van der Waals surface area contributed by atoms with Gasteiger partial charge in [0.05, 0.1) is 5.56 Å². The molecule has 0 atom stereocenters. The SMILES string of the molecule is O=C(O)c1ccc(C(=O)c2ccc(F)c(F)c2F)o1. The van der Waals surface area contributed by atoms with Crippen LogP contribution in [0.3, 0.4) is 0 Å². The second-order valence-electron chi connectivity index (χ2n) is 3.52. The molecule has 1 N–H and O–H groups in total. The van der Waals surface area contributed by atoms with E-state index in [0.717, 1.165) is 18.2 Å². The third-order valence-corrected chi connectivity index (χ3v) is 2.32. The first-order valence-electron chi connectivity index (χ1n) is 4.93. The zero-order valence-corrected chi connectivity index (χ0v) is 9.12. The average molecular weight is 270 g/mol. The van der Waals surface area contributed by atoms with Gasteiger partial charge in [-0.1, -0.05) is 0 Å². The van der Waals surface area contributed by atoms with Gasteiger partial charge in [0, 0.05) is 0 Å². The Morgan fingerprint density at radius 2 is 1.58 bits per heavy atom. The molecule has 1 aromatic carbocycles. The number of hydrogen-bond donors (Lipinski definition) is 1. The predicted octanol–water partition coefficient (Wildman–Crippen LogP) is 2.63. The first-order chi connectivity index (χ1) is 8.91. The first kappa shape index (κ1) is 12.9. The summed E-state index contributed by atoms with van der Waals surface area (Å²) < 4.78 is 43.7. The van der Waals surface area contributed by atoms with Crippen LogP contribution < -0.4 is 0 Å². The highest BCUT2D eigenvalue weighted by atomic mass is 19.2. The lowest BCUT2D eigenvalue weighted by atomic mass is 10.1. The molecule has 0 amide bonds. The number of carbonyl (C=O) groups is 2. The minimum Gasteiger partial charge on any atom is -0.475 e. The van der Waals surface area contributed by atoms with E-state index < -0.39 is 46.3 Å². The molecule has 0 spiro atoms. The van der Waals surface area contributed by atoms with Crippen molar-refractivity contribution in [1.29, 1.82) is 0 Å². The molecule has 0 saturated heterocycles. The summed E-state index contributed by atoms with van der Waals surface area (Å²) in [6, 6.07) is 3.34. The van der Waals surface area contributed by atoms with E-state index >= 15 is 0 Å². The number of benzene rings is 1. The van der Waals surface area contributed by atoms with Crippen LogP contribution in [0, 0.1) is 17.5 Å². The highest BCUT2D eigenvalue weighted by Crippen LogP contribution is 2.19. The summed E-state index contributed by atoms with van der Waals surface area (Å²) in [5.41, 5.74) is -0.745. The molecule has 2 rings (SSSR count). The van der Waals surface area contributed by atoms with Gasteiger partial charge in [-0.2, -0.15) is 0 Å². The number of carboxylic acid groups (broad SMARTS) is 1. The van der Waals surface area contributed by atoms with Crippen molar-refractivity contribution >= 4 is 11.8 Å². The third-order valence-electron chi connectivity index (χ3n) is 2.32. The molecule has 0 bridgehead atoms. The second-order valence-corrected chi connectivity index (χ2v) is 3.52. The number of rotatable bonds is 3. The van der Waals surface area contributed by atoms with Crippen LogP contribution in [0.25, 0.3) is 0 Å². The van der Waals surface area contributed by atoms with E-state index in [1.54, 1.807) is 0 Å². The van der Waals surface area contributed by atoms with Gasteiger partial charge in [0.25, 0.3) is 0 Å². The largest absolute Gasteiger partial charge is 0.475 e. The number of carbonyl (C=O) groups excluding carboxylic acids is 1. The van der Waals surface area contributed by atoms with Crippen LogP contribution in [0.4, 0.5) is 13.2 Å². The Morgan fingerprint density at radius 1 is 0.947 bits per heavy atom. The fourth-order valence-electron chi connectivity index (χ4n) is 1.41. The van der Waals surface area contributed by atoms with E-state index in [1.165, 1.54) is 0 Å². The minimum atomic E-state index is -1.78. The molecule has 7 heteroatoms. The molecule has 0 aliphatic heterocycles.